The average Bonchev–Trinajstić information content (AvgIpc) is 2.95. The Kier molecular flexibility index (Phi) is 3.31. The molecule has 0 saturated carbocycles. The first-order valence-electron chi connectivity index (χ1n) is 5.98. The van der Waals surface area contributed by atoms with Crippen molar-refractivity contribution in [2.24, 2.45) is 0 Å². The molecule has 1 aromatic heterocycles. The number of ketones is 1. The highest BCUT2D eigenvalue weighted by Crippen LogP contribution is 2.33. The molecule has 5 heteroatoms. The average molecular weight is 348 g/mol. The van der Waals surface area contributed by atoms with Crippen molar-refractivity contribution in [3.8, 4) is 0 Å². The molecule has 0 aliphatic carbocycles. The number of benzene rings is 1. The number of hydrogen-bond donors (Lipinski definition) is 1. The van der Waals surface area contributed by atoms with E-state index in [-0.39, 0.29) is 11.7 Å². The van der Waals surface area contributed by atoms with E-state index in [0.717, 1.165) is 20.6 Å². The van der Waals surface area contributed by atoms with E-state index in [1.807, 2.05) is 31.2 Å². The van der Waals surface area contributed by atoms with Gasteiger partial charge in [0.15, 0.2) is 5.78 Å². The maximum absolute atomic E-state index is 12.2. The second-order valence-corrected chi connectivity index (χ2v) is 6.99. The predicted molar refractivity (Wildman–Crippen MR) is 84.1 cm³/mol. The number of halogens is 1. The lowest BCUT2D eigenvalue weighted by molar-refractivity contribution is -0.110. The van der Waals surface area contributed by atoms with Crippen molar-refractivity contribution < 1.29 is 9.59 Å². The molecule has 0 atom stereocenters. The molecule has 3 nitrogen and oxygen atoms in total. The lowest BCUT2D eigenvalue weighted by atomic mass is 10.0. The molecule has 0 fully saturated rings. The highest BCUT2D eigenvalue weighted by Gasteiger charge is 2.25. The summed E-state index contributed by atoms with van der Waals surface area (Å²) in [5, 5.41) is 2.77. The Bertz CT molecular complexity index is 761. The summed E-state index contributed by atoms with van der Waals surface area (Å²) in [6, 6.07) is 9.27. The number of hydrogen-bond acceptors (Lipinski definition) is 3. The Labute approximate surface area is 128 Å². The molecule has 2 heterocycles. The molecular weight excluding hydrogens is 338 g/mol. The van der Waals surface area contributed by atoms with E-state index in [9.17, 15) is 9.59 Å². The largest absolute Gasteiger partial charge is 0.321 e. The van der Waals surface area contributed by atoms with Gasteiger partial charge in [0.2, 0.25) is 0 Å². The van der Waals surface area contributed by atoms with Crippen LogP contribution >= 0.6 is 27.3 Å². The van der Waals surface area contributed by atoms with Gasteiger partial charge in [0.1, 0.15) is 0 Å². The van der Waals surface area contributed by atoms with E-state index in [4.69, 9.17) is 0 Å². The Morgan fingerprint density at radius 2 is 2.10 bits per heavy atom. The number of carbonyl (C=O) groups excluding carboxylic acids is 2. The highest BCUT2D eigenvalue weighted by molar-refractivity contribution is 9.11. The topological polar surface area (TPSA) is 46.2 Å². The van der Waals surface area contributed by atoms with Gasteiger partial charge in [-0.25, -0.2) is 0 Å². The number of fused-ring (bicyclic) bond motifs is 1. The third kappa shape index (κ3) is 2.34. The summed E-state index contributed by atoms with van der Waals surface area (Å²) in [5.74, 6) is -0.380. The smallest absolute Gasteiger partial charge is 0.256 e. The molecule has 20 heavy (non-hydrogen) atoms. The molecule has 0 unspecified atom stereocenters. The van der Waals surface area contributed by atoms with Gasteiger partial charge < -0.3 is 5.32 Å². The van der Waals surface area contributed by atoms with Gasteiger partial charge in [0.05, 0.1) is 14.2 Å². The molecule has 1 aromatic carbocycles. The minimum atomic E-state index is -0.227. The fraction of sp³-hybridized carbons (Fsp3) is 0.0667. The molecule has 3 rings (SSSR count). The minimum absolute atomic E-state index is 0.153. The lowest BCUT2D eigenvalue weighted by Crippen LogP contribution is -2.05. The van der Waals surface area contributed by atoms with Crippen LogP contribution < -0.4 is 5.32 Å². The SMILES string of the molecule is Cc1ccc2c(c1)/C(=C/C(=O)c1ccc(Br)s1)C(=O)N2. The van der Waals surface area contributed by atoms with E-state index >= 15 is 0 Å². The Morgan fingerprint density at radius 3 is 2.80 bits per heavy atom. The van der Waals surface area contributed by atoms with Crippen LogP contribution in [0.3, 0.4) is 0 Å². The first-order chi connectivity index (χ1) is 9.54. The number of allylic oxidation sites excluding steroid dienone is 1. The summed E-state index contributed by atoms with van der Waals surface area (Å²) >= 11 is 4.68. The van der Waals surface area contributed by atoms with Crippen LogP contribution in [0.25, 0.3) is 5.57 Å². The van der Waals surface area contributed by atoms with Crippen LogP contribution in [-0.4, -0.2) is 11.7 Å². The van der Waals surface area contributed by atoms with Gasteiger partial charge in [-0.1, -0.05) is 11.6 Å². The van der Waals surface area contributed by atoms with E-state index in [1.165, 1.54) is 17.4 Å². The third-order valence-electron chi connectivity index (χ3n) is 3.05. The maximum atomic E-state index is 12.2. The van der Waals surface area contributed by atoms with Crippen molar-refractivity contribution in [3.05, 3.63) is 56.2 Å². The lowest BCUT2D eigenvalue weighted by Gasteiger charge is -1.99. The number of amides is 1. The highest BCUT2D eigenvalue weighted by atomic mass is 79.9. The molecule has 1 amide bonds. The minimum Gasteiger partial charge on any atom is -0.321 e. The molecule has 0 bridgehead atoms. The molecule has 1 aliphatic rings. The number of aryl methyl sites for hydroxylation is 1. The Morgan fingerprint density at radius 1 is 1.30 bits per heavy atom. The van der Waals surface area contributed by atoms with Crippen molar-refractivity contribution in [3.63, 3.8) is 0 Å². The van der Waals surface area contributed by atoms with E-state index < -0.39 is 0 Å². The summed E-state index contributed by atoms with van der Waals surface area (Å²) < 4.78 is 0.895. The molecule has 0 spiro atoms. The Hall–Kier alpha value is -1.72. The zero-order chi connectivity index (χ0) is 14.3. The number of anilines is 1. The van der Waals surface area contributed by atoms with Gasteiger partial charge in [-0.05, 0) is 47.1 Å². The standard InChI is InChI=1S/C15H10BrNO2S/c1-8-2-3-11-9(6-8)10(15(19)17-11)7-12(18)13-4-5-14(16)20-13/h2-7H,1H3,(H,17,19)/b10-7-. The zero-order valence-electron chi connectivity index (χ0n) is 10.6. The van der Waals surface area contributed by atoms with Gasteiger partial charge >= 0.3 is 0 Å². The fourth-order valence-corrected chi connectivity index (χ4v) is 3.39. The zero-order valence-corrected chi connectivity index (χ0v) is 13.0. The molecular formula is C15H10BrNO2S. The summed E-state index contributed by atoms with van der Waals surface area (Å²) in [4.78, 5) is 24.8. The van der Waals surface area contributed by atoms with Gasteiger partial charge in [-0.3, -0.25) is 9.59 Å². The number of nitrogens with one attached hydrogen (secondary N) is 1. The van der Waals surface area contributed by atoms with Gasteiger partial charge in [0.25, 0.3) is 5.91 Å². The monoisotopic (exact) mass is 347 g/mol. The van der Waals surface area contributed by atoms with E-state index in [2.05, 4.69) is 21.2 Å². The Balaban J connectivity index is 2.02. The summed E-state index contributed by atoms with van der Waals surface area (Å²) in [7, 11) is 0. The van der Waals surface area contributed by atoms with Crippen molar-refractivity contribution >= 4 is 50.2 Å². The van der Waals surface area contributed by atoms with Crippen molar-refractivity contribution in [1.82, 2.24) is 0 Å². The quantitative estimate of drug-likeness (QED) is 0.658. The number of carbonyl (C=O) groups is 2. The van der Waals surface area contributed by atoms with Crippen LogP contribution in [0.2, 0.25) is 0 Å². The maximum Gasteiger partial charge on any atom is 0.256 e. The summed E-state index contributed by atoms with van der Waals surface area (Å²) in [6.07, 6.45) is 1.42. The molecule has 1 N–H and O–H groups in total. The second kappa shape index (κ2) is 5.00. The predicted octanol–water partition coefficient (Wildman–Crippen LogP) is 4.04. The molecule has 100 valence electrons. The number of thiophene rings is 1. The fourth-order valence-electron chi connectivity index (χ4n) is 2.09. The number of rotatable bonds is 2. The van der Waals surface area contributed by atoms with Gasteiger partial charge in [-0.15, -0.1) is 11.3 Å². The van der Waals surface area contributed by atoms with Crippen molar-refractivity contribution in [2.45, 2.75) is 6.92 Å². The van der Waals surface area contributed by atoms with Crippen molar-refractivity contribution in [1.29, 1.82) is 0 Å². The van der Waals surface area contributed by atoms with Crippen LogP contribution in [-0.2, 0) is 4.79 Å². The third-order valence-corrected chi connectivity index (χ3v) is 4.69. The van der Waals surface area contributed by atoms with Crippen LogP contribution in [0, 0.1) is 6.92 Å². The van der Waals surface area contributed by atoms with Crippen LogP contribution in [0.5, 0.6) is 0 Å². The molecule has 0 radical (unpaired) electrons. The van der Waals surface area contributed by atoms with Crippen LogP contribution in [0.4, 0.5) is 5.69 Å². The van der Waals surface area contributed by atoms with Gasteiger partial charge in [-0.2, -0.15) is 0 Å². The first-order valence-corrected chi connectivity index (χ1v) is 7.59. The summed E-state index contributed by atoms with van der Waals surface area (Å²) in [6.45, 7) is 1.96. The van der Waals surface area contributed by atoms with E-state index in [0.29, 0.717) is 10.5 Å². The summed E-state index contributed by atoms with van der Waals surface area (Å²) in [5.41, 5.74) is 3.03. The van der Waals surface area contributed by atoms with Crippen LogP contribution in [0.1, 0.15) is 20.8 Å². The van der Waals surface area contributed by atoms with Crippen LogP contribution in [0.15, 0.2) is 40.2 Å². The molecule has 2 aromatic rings. The van der Waals surface area contributed by atoms with E-state index in [1.54, 1.807) is 6.07 Å². The molecule has 0 saturated heterocycles. The first kappa shape index (κ1) is 13.3. The van der Waals surface area contributed by atoms with Gasteiger partial charge in [0, 0.05) is 17.3 Å². The second-order valence-electron chi connectivity index (χ2n) is 4.53. The molecule has 1 aliphatic heterocycles. The van der Waals surface area contributed by atoms with Crippen molar-refractivity contribution in [2.75, 3.05) is 5.32 Å². The normalized spacial score (nSPS) is 15.3.